The maximum Gasteiger partial charge on any atom is 0.327 e. The van der Waals surface area contributed by atoms with E-state index in [0.29, 0.717) is 6.61 Å². The molecule has 0 saturated heterocycles. The first kappa shape index (κ1) is 20.4. The van der Waals surface area contributed by atoms with Gasteiger partial charge in [-0.1, -0.05) is 64.0 Å². The van der Waals surface area contributed by atoms with Gasteiger partial charge in [0.1, 0.15) is 0 Å². The minimum atomic E-state index is -2.13. The van der Waals surface area contributed by atoms with E-state index in [1.54, 1.807) is 0 Å². The molecular weight excluding hydrogens is 247 g/mol. The van der Waals surface area contributed by atoms with Crippen molar-refractivity contribution in [2.75, 3.05) is 6.61 Å². The van der Waals surface area contributed by atoms with Crippen LogP contribution in [0.2, 0.25) is 0 Å². The molecule has 0 heterocycles. The summed E-state index contributed by atoms with van der Waals surface area (Å²) in [6.45, 7) is 6.70. The molecule has 0 aromatic carbocycles. The van der Waals surface area contributed by atoms with Gasteiger partial charge in [-0.25, -0.2) is 0 Å². The number of rotatable bonds is 10. The maximum atomic E-state index is 8.45. The number of allylic oxidation sites excluding steroid dienone is 2. The molecule has 2 N–H and O–H groups in total. The van der Waals surface area contributed by atoms with Crippen LogP contribution in [-0.2, 0) is 4.52 Å². The molecule has 4 heteroatoms. The third kappa shape index (κ3) is 25.0. The van der Waals surface area contributed by atoms with Crippen LogP contribution in [0.1, 0.15) is 72.1 Å². The van der Waals surface area contributed by atoms with E-state index < -0.39 is 8.60 Å². The summed E-state index contributed by atoms with van der Waals surface area (Å²) < 4.78 is 4.66. The molecule has 0 aromatic heterocycles. The Morgan fingerprint density at radius 3 is 1.67 bits per heavy atom. The minimum Gasteiger partial charge on any atom is -0.328 e. The van der Waals surface area contributed by atoms with Crippen LogP contribution in [0.3, 0.4) is 0 Å². The van der Waals surface area contributed by atoms with Crippen molar-refractivity contribution < 1.29 is 14.3 Å². The van der Waals surface area contributed by atoms with Crippen molar-refractivity contribution in [2.45, 2.75) is 72.1 Å². The van der Waals surface area contributed by atoms with Gasteiger partial charge in [0.2, 0.25) is 0 Å². The van der Waals surface area contributed by atoms with E-state index >= 15 is 0 Å². The lowest BCUT2D eigenvalue weighted by Gasteiger charge is -2.03. The first-order valence-corrected chi connectivity index (χ1v) is 8.23. The topological polar surface area (TPSA) is 49.7 Å². The summed E-state index contributed by atoms with van der Waals surface area (Å²) in [6, 6.07) is 0. The largest absolute Gasteiger partial charge is 0.328 e. The zero-order valence-electron chi connectivity index (χ0n) is 12.3. The van der Waals surface area contributed by atoms with Crippen molar-refractivity contribution in [3.05, 3.63) is 12.2 Å². The maximum absolute atomic E-state index is 8.45. The average molecular weight is 278 g/mol. The van der Waals surface area contributed by atoms with E-state index in [2.05, 4.69) is 11.4 Å². The Labute approximate surface area is 114 Å². The molecule has 0 atom stereocenters. The Morgan fingerprint density at radius 1 is 0.833 bits per heavy atom. The summed E-state index contributed by atoms with van der Waals surface area (Å²) in [5, 5.41) is 0. The molecule has 0 aromatic rings. The predicted molar refractivity (Wildman–Crippen MR) is 80.4 cm³/mol. The molecule has 3 nitrogen and oxygen atoms in total. The van der Waals surface area contributed by atoms with Gasteiger partial charge in [0.15, 0.2) is 0 Å². The summed E-state index contributed by atoms with van der Waals surface area (Å²) in [5.41, 5.74) is 0. The molecule has 0 bridgehead atoms. The van der Waals surface area contributed by atoms with Crippen molar-refractivity contribution in [3.8, 4) is 0 Å². The standard InChI is InChI=1S/C10H23O3P.C4H8/c1-2-3-4-5-6-7-8-9-10-13-14(11)12;1-3-4-2/h11-12H,2-10H2,1H3;3-4H,1-2H3/b;4-3+. The van der Waals surface area contributed by atoms with Gasteiger partial charge in [0.05, 0.1) is 6.61 Å². The van der Waals surface area contributed by atoms with Crippen LogP contribution in [0.5, 0.6) is 0 Å². The number of unbranched alkanes of at least 4 members (excludes halogenated alkanes) is 7. The highest BCUT2D eigenvalue weighted by atomic mass is 31.2. The fourth-order valence-electron chi connectivity index (χ4n) is 1.38. The van der Waals surface area contributed by atoms with Crippen molar-refractivity contribution >= 4 is 8.60 Å². The lowest BCUT2D eigenvalue weighted by atomic mass is 10.1. The molecule has 0 fully saturated rings. The molecule has 0 rings (SSSR count). The molecule has 0 spiro atoms. The van der Waals surface area contributed by atoms with Gasteiger partial charge < -0.3 is 14.3 Å². The lowest BCUT2D eigenvalue weighted by Crippen LogP contribution is -1.89. The zero-order valence-corrected chi connectivity index (χ0v) is 13.2. The fourth-order valence-corrected chi connectivity index (χ4v) is 1.67. The van der Waals surface area contributed by atoms with Crippen LogP contribution in [0.25, 0.3) is 0 Å². The molecule has 0 amide bonds. The monoisotopic (exact) mass is 278 g/mol. The van der Waals surface area contributed by atoms with Crippen molar-refractivity contribution in [1.82, 2.24) is 0 Å². The molecule has 0 radical (unpaired) electrons. The van der Waals surface area contributed by atoms with Crippen molar-refractivity contribution in [3.63, 3.8) is 0 Å². The molecule has 0 aliphatic rings. The third-order valence-corrected chi connectivity index (χ3v) is 2.95. The molecule has 18 heavy (non-hydrogen) atoms. The third-order valence-electron chi connectivity index (χ3n) is 2.54. The summed E-state index contributed by atoms with van der Waals surface area (Å²) in [6.07, 6.45) is 13.9. The van der Waals surface area contributed by atoms with Gasteiger partial charge in [0.25, 0.3) is 0 Å². The Balaban J connectivity index is 0. The lowest BCUT2D eigenvalue weighted by molar-refractivity contribution is 0.248. The quantitative estimate of drug-likeness (QED) is 0.338. The highest BCUT2D eigenvalue weighted by Crippen LogP contribution is 2.24. The van der Waals surface area contributed by atoms with Crippen LogP contribution < -0.4 is 0 Å². The fraction of sp³-hybridized carbons (Fsp3) is 0.857. The SMILES string of the molecule is C/C=C/C.CCCCCCCCCCOP(O)O. The molecular formula is C14H31O3P. The zero-order chi connectivity index (χ0) is 14.1. The molecule has 0 saturated carbocycles. The summed E-state index contributed by atoms with van der Waals surface area (Å²) in [7, 11) is -2.13. The Kier molecular flexibility index (Phi) is 21.9. The summed E-state index contributed by atoms with van der Waals surface area (Å²) in [5.74, 6) is 0. The Morgan fingerprint density at radius 2 is 1.28 bits per heavy atom. The summed E-state index contributed by atoms with van der Waals surface area (Å²) >= 11 is 0. The van der Waals surface area contributed by atoms with Gasteiger partial charge >= 0.3 is 8.60 Å². The van der Waals surface area contributed by atoms with E-state index in [1.165, 1.54) is 38.5 Å². The highest BCUT2D eigenvalue weighted by Gasteiger charge is 1.97. The first-order valence-electron chi connectivity index (χ1n) is 7.07. The van der Waals surface area contributed by atoms with E-state index in [-0.39, 0.29) is 0 Å². The van der Waals surface area contributed by atoms with E-state index in [4.69, 9.17) is 9.79 Å². The second-order valence-electron chi connectivity index (χ2n) is 4.23. The van der Waals surface area contributed by atoms with Crippen LogP contribution in [0.4, 0.5) is 0 Å². The smallest absolute Gasteiger partial charge is 0.327 e. The average Bonchev–Trinajstić information content (AvgIpc) is 2.37. The summed E-state index contributed by atoms with van der Waals surface area (Å²) in [4.78, 5) is 16.9. The Bertz CT molecular complexity index is 157. The van der Waals surface area contributed by atoms with Gasteiger partial charge in [0, 0.05) is 0 Å². The molecule has 0 aliphatic carbocycles. The van der Waals surface area contributed by atoms with E-state index in [9.17, 15) is 0 Å². The van der Waals surface area contributed by atoms with Gasteiger partial charge in [-0.3, -0.25) is 0 Å². The molecule has 0 aliphatic heterocycles. The van der Waals surface area contributed by atoms with Crippen LogP contribution >= 0.6 is 8.60 Å². The predicted octanol–water partition coefficient (Wildman–Crippen LogP) is 4.94. The van der Waals surface area contributed by atoms with Gasteiger partial charge in [-0.2, -0.15) is 0 Å². The van der Waals surface area contributed by atoms with Gasteiger partial charge in [-0.15, -0.1) is 0 Å². The second-order valence-corrected chi connectivity index (χ2v) is 4.99. The highest BCUT2D eigenvalue weighted by molar-refractivity contribution is 7.39. The van der Waals surface area contributed by atoms with Crippen molar-refractivity contribution in [2.24, 2.45) is 0 Å². The molecule has 0 unspecified atom stereocenters. The van der Waals surface area contributed by atoms with E-state index in [1.807, 2.05) is 26.0 Å². The van der Waals surface area contributed by atoms with Crippen LogP contribution in [0, 0.1) is 0 Å². The second kappa shape index (κ2) is 19.4. The van der Waals surface area contributed by atoms with Crippen LogP contribution in [-0.4, -0.2) is 16.4 Å². The molecule has 110 valence electrons. The first-order chi connectivity index (χ1) is 8.68. The normalized spacial score (nSPS) is 10.8. The van der Waals surface area contributed by atoms with E-state index in [0.717, 1.165) is 12.8 Å². The minimum absolute atomic E-state index is 0.480. The number of hydrogen-bond acceptors (Lipinski definition) is 3. The number of hydrogen-bond donors (Lipinski definition) is 2. The Hall–Kier alpha value is 0.0500. The van der Waals surface area contributed by atoms with Gasteiger partial charge in [-0.05, 0) is 20.3 Å². The van der Waals surface area contributed by atoms with Crippen molar-refractivity contribution in [1.29, 1.82) is 0 Å². The van der Waals surface area contributed by atoms with Crippen LogP contribution in [0.15, 0.2) is 12.2 Å².